The fraction of sp³-hybridized carbons (Fsp3) is 0.571. The Labute approximate surface area is 113 Å². The van der Waals surface area contributed by atoms with E-state index in [1.165, 1.54) is 0 Å². The molecule has 1 fully saturated rings. The first-order chi connectivity index (χ1) is 9.06. The highest BCUT2D eigenvalue weighted by atomic mass is 16.3. The highest BCUT2D eigenvalue weighted by Gasteiger charge is 2.20. The summed E-state index contributed by atoms with van der Waals surface area (Å²) in [5.74, 6) is 0.338. The molecule has 1 saturated carbocycles. The number of aryl methyl sites for hydroxylation is 1. The maximum absolute atomic E-state index is 12.1. The molecule has 1 aliphatic rings. The van der Waals surface area contributed by atoms with Crippen molar-refractivity contribution in [3.8, 4) is 0 Å². The molecule has 1 aromatic rings. The number of nitrogens with two attached hydrogens (primary N) is 1. The van der Waals surface area contributed by atoms with Crippen LogP contribution in [-0.4, -0.2) is 28.6 Å². The van der Waals surface area contributed by atoms with Crippen molar-refractivity contribution >= 4 is 11.6 Å². The van der Waals surface area contributed by atoms with Crippen LogP contribution in [0.4, 0.5) is 5.69 Å². The summed E-state index contributed by atoms with van der Waals surface area (Å²) in [6.45, 7) is 2.45. The molecule has 4 N–H and O–H groups in total. The van der Waals surface area contributed by atoms with Crippen LogP contribution in [0, 0.1) is 12.8 Å². The topological polar surface area (TPSA) is 88.2 Å². The van der Waals surface area contributed by atoms with Gasteiger partial charge in [0.25, 0.3) is 5.91 Å². The van der Waals surface area contributed by atoms with Gasteiger partial charge in [-0.15, -0.1) is 0 Å². The zero-order valence-corrected chi connectivity index (χ0v) is 11.2. The smallest absolute Gasteiger partial charge is 0.253 e. The molecule has 1 amide bonds. The van der Waals surface area contributed by atoms with Crippen molar-refractivity contribution in [2.24, 2.45) is 5.92 Å². The number of carbonyl (C=O) groups excluding carboxylic acids is 1. The van der Waals surface area contributed by atoms with Gasteiger partial charge in [-0.1, -0.05) is 0 Å². The van der Waals surface area contributed by atoms with Gasteiger partial charge in [0.15, 0.2) is 0 Å². The number of anilines is 1. The van der Waals surface area contributed by atoms with Crippen molar-refractivity contribution in [1.82, 2.24) is 10.3 Å². The number of nitrogens with one attached hydrogen (secondary N) is 1. The van der Waals surface area contributed by atoms with Gasteiger partial charge in [0.2, 0.25) is 0 Å². The summed E-state index contributed by atoms with van der Waals surface area (Å²) in [7, 11) is 0. The van der Waals surface area contributed by atoms with Gasteiger partial charge in [0.05, 0.1) is 29.2 Å². The molecule has 0 aromatic carbocycles. The van der Waals surface area contributed by atoms with E-state index in [1.807, 2.05) is 0 Å². The molecule has 0 unspecified atom stereocenters. The number of nitrogen functional groups attached to an aromatic ring is 1. The monoisotopic (exact) mass is 263 g/mol. The van der Waals surface area contributed by atoms with Crippen LogP contribution in [0.15, 0.2) is 12.3 Å². The molecule has 5 heteroatoms. The molecule has 0 bridgehead atoms. The lowest BCUT2D eigenvalue weighted by molar-refractivity contribution is 0.0909. The Morgan fingerprint density at radius 2 is 2.16 bits per heavy atom. The number of rotatable bonds is 3. The van der Waals surface area contributed by atoms with Crippen LogP contribution in [-0.2, 0) is 0 Å². The minimum Gasteiger partial charge on any atom is -0.397 e. The van der Waals surface area contributed by atoms with Crippen molar-refractivity contribution in [1.29, 1.82) is 0 Å². The molecular formula is C14H21N3O2. The molecule has 0 spiro atoms. The van der Waals surface area contributed by atoms with Crippen LogP contribution in [0.3, 0.4) is 0 Å². The Balaban J connectivity index is 1.89. The molecule has 5 nitrogen and oxygen atoms in total. The molecular weight excluding hydrogens is 242 g/mol. The number of nitrogens with zero attached hydrogens (tertiary/aromatic N) is 1. The second kappa shape index (κ2) is 6.02. The Bertz CT molecular complexity index is 454. The molecule has 1 aromatic heterocycles. The van der Waals surface area contributed by atoms with Crippen molar-refractivity contribution < 1.29 is 9.90 Å². The van der Waals surface area contributed by atoms with E-state index in [2.05, 4.69) is 10.3 Å². The second-order valence-corrected chi connectivity index (χ2v) is 5.29. The van der Waals surface area contributed by atoms with E-state index >= 15 is 0 Å². The zero-order valence-electron chi connectivity index (χ0n) is 11.2. The molecule has 0 radical (unpaired) electrons. The molecule has 0 atom stereocenters. The maximum atomic E-state index is 12.1. The maximum Gasteiger partial charge on any atom is 0.253 e. The van der Waals surface area contributed by atoms with E-state index in [9.17, 15) is 9.90 Å². The van der Waals surface area contributed by atoms with Gasteiger partial charge >= 0.3 is 0 Å². The van der Waals surface area contributed by atoms with E-state index in [4.69, 9.17) is 5.73 Å². The minimum atomic E-state index is -0.160. The van der Waals surface area contributed by atoms with Gasteiger partial charge in [-0.3, -0.25) is 9.78 Å². The number of amides is 1. The first kappa shape index (κ1) is 13.8. The number of aliphatic hydroxyl groups excluding tert-OH is 1. The van der Waals surface area contributed by atoms with Gasteiger partial charge in [0.1, 0.15) is 0 Å². The third kappa shape index (κ3) is 3.67. The van der Waals surface area contributed by atoms with Gasteiger partial charge in [0, 0.05) is 6.54 Å². The average Bonchev–Trinajstić information content (AvgIpc) is 2.40. The minimum absolute atomic E-state index is 0.122. The van der Waals surface area contributed by atoms with Crippen LogP contribution >= 0.6 is 0 Å². The average molecular weight is 263 g/mol. The molecule has 0 saturated heterocycles. The van der Waals surface area contributed by atoms with Crippen LogP contribution in [0.2, 0.25) is 0 Å². The van der Waals surface area contributed by atoms with E-state index in [0.717, 1.165) is 25.7 Å². The van der Waals surface area contributed by atoms with Crippen molar-refractivity contribution in [2.75, 3.05) is 12.3 Å². The quantitative estimate of drug-likeness (QED) is 0.766. The summed E-state index contributed by atoms with van der Waals surface area (Å²) in [5, 5.41) is 12.4. The normalized spacial score (nSPS) is 23.1. The molecule has 0 aliphatic heterocycles. The molecule has 1 aliphatic carbocycles. The largest absolute Gasteiger partial charge is 0.397 e. The number of aromatic nitrogens is 1. The fourth-order valence-corrected chi connectivity index (χ4v) is 2.46. The SMILES string of the molecule is Cc1ncc(N)cc1C(=O)NCC1CCC(O)CC1. The van der Waals surface area contributed by atoms with Gasteiger partial charge in [-0.2, -0.15) is 0 Å². The van der Waals surface area contributed by atoms with Gasteiger partial charge in [-0.05, 0) is 44.6 Å². The summed E-state index contributed by atoms with van der Waals surface area (Å²) in [4.78, 5) is 16.2. The third-order valence-electron chi connectivity index (χ3n) is 3.72. The third-order valence-corrected chi connectivity index (χ3v) is 3.72. The Morgan fingerprint density at radius 3 is 2.84 bits per heavy atom. The van der Waals surface area contributed by atoms with E-state index < -0.39 is 0 Å². The first-order valence-corrected chi connectivity index (χ1v) is 6.74. The lowest BCUT2D eigenvalue weighted by atomic mass is 9.87. The molecule has 1 heterocycles. The molecule has 104 valence electrons. The van der Waals surface area contributed by atoms with Crippen molar-refractivity contribution in [2.45, 2.75) is 38.7 Å². The summed E-state index contributed by atoms with van der Waals surface area (Å²) in [6, 6.07) is 1.66. The molecule has 2 rings (SSSR count). The summed E-state index contributed by atoms with van der Waals surface area (Å²) in [6.07, 6.45) is 4.99. The summed E-state index contributed by atoms with van der Waals surface area (Å²) in [5.41, 5.74) is 7.37. The summed E-state index contributed by atoms with van der Waals surface area (Å²) < 4.78 is 0. The van der Waals surface area contributed by atoms with Crippen molar-refractivity contribution in [3.63, 3.8) is 0 Å². The molecule has 19 heavy (non-hydrogen) atoms. The number of hydrogen-bond donors (Lipinski definition) is 3. The fourth-order valence-electron chi connectivity index (χ4n) is 2.46. The zero-order chi connectivity index (χ0) is 13.8. The predicted molar refractivity (Wildman–Crippen MR) is 73.7 cm³/mol. The number of pyridine rings is 1. The van der Waals surface area contributed by atoms with E-state index in [0.29, 0.717) is 29.4 Å². The lowest BCUT2D eigenvalue weighted by Crippen LogP contribution is -2.32. The first-order valence-electron chi connectivity index (χ1n) is 6.74. The van der Waals surface area contributed by atoms with Crippen LogP contribution in [0.25, 0.3) is 0 Å². The Morgan fingerprint density at radius 1 is 1.47 bits per heavy atom. The summed E-state index contributed by atoms with van der Waals surface area (Å²) >= 11 is 0. The Kier molecular flexibility index (Phi) is 4.37. The van der Waals surface area contributed by atoms with Gasteiger partial charge < -0.3 is 16.2 Å². The van der Waals surface area contributed by atoms with Crippen LogP contribution < -0.4 is 11.1 Å². The van der Waals surface area contributed by atoms with Crippen LogP contribution in [0.5, 0.6) is 0 Å². The van der Waals surface area contributed by atoms with E-state index in [-0.39, 0.29) is 12.0 Å². The Hall–Kier alpha value is -1.62. The van der Waals surface area contributed by atoms with Gasteiger partial charge in [-0.25, -0.2) is 0 Å². The standard InChI is InChI=1S/C14H21N3O2/c1-9-13(6-11(15)8-16-9)14(19)17-7-10-2-4-12(18)5-3-10/h6,8,10,12,18H,2-5,7,15H2,1H3,(H,17,19). The number of aliphatic hydroxyl groups is 1. The van der Waals surface area contributed by atoms with Crippen LogP contribution in [0.1, 0.15) is 41.7 Å². The van der Waals surface area contributed by atoms with E-state index in [1.54, 1.807) is 19.2 Å². The number of hydrogen-bond acceptors (Lipinski definition) is 4. The van der Waals surface area contributed by atoms with Crippen molar-refractivity contribution in [3.05, 3.63) is 23.5 Å². The lowest BCUT2D eigenvalue weighted by Gasteiger charge is -2.25. The second-order valence-electron chi connectivity index (χ2n) is 5.29. The number of carbonyl (C=O) groups is 1. The highest BCUT2D eigenvalue weighted by molar-refractivity contribution is 5.95. The predicted octanol–water partition coefficient (Wildman–Crippen LogP) is 1.25. The highest BCUT2D eigenvalue weighted by Crippen LogP contribution is 2.23.